The van der Waals surface area contributed by atoms with Crippen molar-refractivity contribution in [3.63, 3.8) is 0 Å². The van der Waals surface area contributed by atoms with Crippen molar-refractivity contribution >= 4 is 8.25 Å². The van der Waals surface area contributed by atoms with Gasteiger partial charge in [0.1, 0.15) is 18.2 Å². The average Bonchev–Trinajstić information content (AvgIpc) is 2.69. The van der Waals surface area contributed by atoms with Crippen molar-refractivity contribution in [1.82, 2.24) is 5.32 Å². The molecule has 7 heteroatoms. The Bertz CT molecular complexity index is 756. The van der Waals surface area contributed by atoms with E-state index in [1.54, 1.807) is 6.07 Å². The third-order valence-corrected chi connectivity index (χ3v) is 5.12. The number of nitrogens with one attached hydrogen (secondary N) is 1. The molecule has 0 saturated heterocycles. The molecule has 1 atom stereocenters. The van der Waals surface area contributed by atoms with Crippen LogP contribution in [0.1, 0.15) is 48.8 Å². The molecule has 0 aromatic heterocycles. The molecule has 0 saturated carbocycles. The van der Waals surface area contributed by atoms with Gasteiger partial charge in [0, 0.05) is 11.1 Å². The topological polar surface area (TPSA) is 58.6 Å². The fraction of sp³-hybridized carbons (Fsp3) is 0.455. The van der Waals surface area contributed by atoms with E-state index in [4.69, 9.17) is 4.89 Å². The summed E-state index contributed by atoms with van der Waals surface area (Å²) in [6.45, 7) is 1.40. The molecular weight excluding hydrogens is 395 g/mol. The van der Waals surface area contributed by atoms with Crippen molar-refractivity contribution in [2.75, 3.05) is 13.2 Å². The largest absolute Gasteiger partial charge is 0.694 e. The Morgan fingerprint density at radius 1 is 0.897 bits per heavy atom. The van der Waals surface area contributed by atoms with Gasteiger partial charge >= 0.3 is 8.25 Å². The lowest BCUT2D eigenvalue weighted by atomic mass is 10.0. The van der Waals surface area contributed by atoms with Crippen LogP contribution in [-0.4, -0.2) is 18.0 Å². The molecule has 1 unspecified atom stereocenters. The van der Waals surface area contributed by atoms with E-state index in [0.717, 1.165) is 55.2 Å². The van der Waals surface area contributed by atoms with Gasteiger partial charge in [0.2, 0.25) is 0 Å². The van der Waals surface area contributed by atoms with Crippen LogP contribution in [0.15, 0.2) is 42.5 Å². The van der Waals surface area contributed by atoms with Crippen LogP contribution >= 0.6 is 8.25 Å². The summed E-state index contributed by atoms with van der Waals surface area (Å²) in [4.78, 5) is 8.52. The van der Waals surface area contributed by atoms with Crippen LogP contribution in [0, 0.1) is 11.6 Å². The molecule has 158 valence electrons. The summed E-state index contributed by atoms with van der Waals surface area (Å²) >= 11 is 0. The number of unbranched alkanes of at least 4 members (excludes halogenated alkanes) is 3. The van der Waals surface area contributed by atoms with Crippen LogP contribution in [0.2, 0.25) is 0 Å². The molecule has 0 spiro atoms. The van der Waals surface area contributed by atoms with Gasteiger partial charge in [-0.1, -0.05) is 37.1 Å². The molecule has 0 aliphatic carbocycles. The maximum atomic E-state index is 14.3. The van der Waals surface area contributed by atoms with Crippen LogP contribution in [0.25, 0.3) is 0 Å². The molecule has 0 aliphatic rings. The minimum absolute atomic E-state index is 0.170. The van der Waals surface area contributed by atoms with Gasteiger partial charge in [-0.3, -0.25) is 0 Å². The van der Waals surface area contributed by atoms with Crippen LogP contribution in [0.4, 0.5) is 8.78 Å². The van der Waals surface area contributed by atoms with Crippen molar-refractivity contribution < 1.29 is 22.8 Å². The number of rotatable bonds is 14. The summed E-state index contributed by atoms with van der Waals surface area (Å²) in [5.41, 5.74) is 2.77. The third-order valence-electron chi connectivity index (χ3n) is 4.72. The fourth-order valence-electron chi connectivity index (χ4n) is 3.13. The zero-order chi connectivity index (χ0) is 20.9. The van der Waals surface area contributed by atoms with E-state index in [1.165, 1.54) is 12.1 Å². The molecule has 0 heterocycles. The van der Waals surface area contributed by atoms with Crippen molar-refractivity contribution in [2.24, 2.45) is 0 Å². The number of halogens is 2. The third kappa shape index (κ3) is 10.0. The van der Waals surface area contributed by atoms with E-state index in [1.807, 2.05) is 24.3 Å². The Kier molecular flexibility index (Phi) is 11.0. The first-order valence-corrected chi connectivity index (χ1v) is 11.2. The van der Waals surface area contributed by atoms with Crippen molar-refractivity contribution in [2.45, 2.75) is 51.5 Å². The van der Waals surface area contributed by atoms with Crippen molar-refractivity contribution in [3.05, 3.63) is 70.8 Å². The second kappa shape index (κ2) is 13.5. The van der Waals surface area contributed by atoms with Crippen LogP contribution in [-0.2, 0) is 28.5 Å². The Hall–Kier alpha value is -1.72. The zero-order valence-electron chi connectivity index (χ0n) is 16.6. The van der Waals surface area contributed by atoms with Gasteiger partial charge in [-0.2, -0.15) is 0 Å². The molecule has 0 radical (unpaired) electrons. The van der Waals surface area contributed by atoms with Crippen LogP contribution in [0.3, 0.4) is 0 Å². The maximum absolute atomic E-state index is 14.3. The van der Waals surface area contributed by atoms with Gasteiger partial charge in [-0.05, 0) is 73.5 Å². The van der Waals surface area contributed by atoms with Gasteiger partial charge < -0.3 is 5.32 Å². The highest BCUT2D eigenvalue weighted by Gasteiger charge is 2.10. The Morgan fingerprint density at radius 2 is 1.59 bits per heavy atom. The Labute approximate surface area is 172 Å². The summed E-state index contributed by atoms with van der Waals surface area (Å²) in [6, 6.07) is 12.0. The standard InChI is InChI=1S/C22H28F2NO3P/c23-21-12-9-18(10-13-21)6-3-1-2-4-7-20-11-8-19(16-22(20)24)17-25-14-5-15-28-29(26)27/h8-13,16,25H,1-7,14-15,17H2/p+1. The average molecular weight is 424 g/mol. The Morgan fingerprint density at radius 3 is 2.28 bits per heavy atom. The van der Waals surface area contributed by atoms with E-state index in [0.29, 0.717) is 19.5 Å². The number of aryl methyl sites for hydroxylation is 2. The zero-order valence-corrected chi connectivity index (χ0v) is 17.5. The lowest BCUT2D eigenvalue weighted by molar-refractivity contribution is 0.276. The highest BCUT2D eigenvalue weighted by Crippen LogP contribution is 2.16. The van der Waals surface area contributed by atoms with Crippen molar-refractivity contribution in [1.29, 1.82) is 0 Å². The van der Waals surface area contributed by atoms with Gasteiger partial charge in [0.15, 0.2) is 0 Å². The molecule has 2 rings (SSSR count). The molecular formula is C22H29F2NO3P+. The first-order chi connectivity index (χ1) is 14.0. The number of benzene rings is 2. The van der Waals surface area contributed by atoms with Gasteiger partial charge in [-0.25, -0.2) is 8.78 Å². The summed E-state index contributed by atoms with van der Waals surface area (Å²) in [5.74, 6) is -0.374. The van der Waals surface area contributed by atoms with Crippen molar-refractivity contribution in [3.8, 4) is 0 Å². The maximum Gasteiger partial charge on any atom is 0.694 e. The van der Waals surface area contributed by atoms with Gasteiger partial charge in [-0.15, -0.1) is 9.42 Å². The summed E-state index contributed by atoms with van der Waals surface area (Å²) in [6.07, 6.45) is 6.42. The van der Waals surface area contributed by atoms with E-state index in [9.17, 15) is 13.3 Å². The number of hydrogen-bond donors (Lipinski definition) is 2. The molecule has 2 aromatic rings. The van der Waals surface area contributed by atoms with Crippen LogP contribution in [0.5, 0.6) is 0 Å². The highest BCUT2D eigenvalue weighted by atomic mass is 31.1. The number of hydrogen-bond acceptors (Lipinski definition) is 3. The minimum Gasteiger partial charge on any atom is -0.313 e. The molecule has 0 amide bonds. The first kappa shape index (κ1) is 23.6. The summed E-state index contributed by atoms with van der Waals surface area (Å²) < 4.78 is 42.1. The Balaban J connectivity index is 1.58. The normalized spacial score (nSPS) is 11.6. The smallest absolute Gasteiger partial charge is 0.313 e. The monoisotopic (exact) mass is 424 g/mol. The van der Waals surface area contributed by atoms with E-state index in [-0.39, 0.29) is 18.2 Å². The lowest BCUT2D eigenvalue weighted by Gasteiger charge is -2.08. The predicted octanol–water partition coefficient (Wildman–Crippen LogP) is 5.46. The van der Waals surface area contributed by atoms with Crippen LogP contribution < -0.4 is 5.32 Å². The quantitative estimate of drug-likeness (QED) is 0.313. The molecule has 0 aliphatic heterocycles. The summed E-state index contributed by atoms with van der Waals surface area (Å²) in [7, 11) is -2.53. The van der Waals surface area contributed by atoms with Gasteiger partial charge in [0.05, 0.1) is 0 Å². The summed E-state index contributed by atoms with van der Waals surface area (Å²) in [5, 5.41) is 3.16. The first-order valence-electron chi connectivity index (χ1n) is 10.1. The molecule has 0 bridgehead atoms. The predicted molar refractivity (Wildman–Crippen MR) is 111 cm³/mol. The molecule has 29 heavy (non-hydrogen) atoms. The minimum atomic E-state index is -2.53. The second-order valence-corrected chi connectivity index (χ2v) is 7.80. The molecule has 2 aromatic carbocycles. The van der Waals surface area contributed by atoms with E-state index < -0.39 is 8.25 Å². The molecule has 4 nitrogen and oxygen atoms in total. The lowest BCUT2D eigenvalue weighted by Crippen LogP contribution is -2.16. The second-order valence-electron chi connectivity index (χ2n) is 7.07. The molecule has 2 N–H and O–H groups in total. The molecule has 0 fully saturated rings. The van der Waals surface area contributed by atoms with E-state index in [2.05, 4.69) is 9.84 Å². The van der Waals surface area contributed by atoms with E-state index >= 15 is 0 Å². The van der Waals surface area contributed by atoms with Gasteiger partial charge in [0.25, 0.3) is 0 Å². The highest BCUT2D eigenvalue weighted by molar-refractivity contribution is 7.32. The fourth-order valence-corrected chi connectivity index (χ4v) is 3.41. The SMILES string of the molecule is O=[P+](O)OCCCNCc1ccc(CCCCCCc2ccc(F)cc2)c(F)c1.